The van der Waals surface area contributed by atoms with E-state index in [0.29, 0.717) is 11.7 Å². The molecule has 6 heteroatoms. The summed E-state index contributed by atoms with van der Waals surface area (Å²) in [6, 6.07) is 0. The first-order valence-corrected chi connectivity index (χ1v) is 6.71. The molecule has 0 amide bonds. The zero-order valence-corrected chi connectivity index (χ0v) is 11.1. The Labute approximate surface area is 112 Å². The number of piperidine rings is 1. The molecule has 19 heavy (non-hydrogen) atoms. The van der Waals surface area contributed by atoms with Crippen LogP contribution in [-0.4, -0.2) is 36.6 Å². The van der Waals surface area contributed by atoms with E-state index in [9.17, 15) is 8.78 Å². The molecular weight excluding hydrogens is 250 g/mol. The molecule has 1 aromatic rings. The van der Waals surface area contributed by atoms with Gasteiger partial charge in [0.25, 0.3) is 6.43 Å². The molecule has 0 aromatic carbocycles. The van der Waals surface area contributed by atoms with Crippen molar-refractivity contribution in [2.75, 3.05) is 31.6 Å². The first kappa shape index (κ1) is 14.1. The van der Waals surface area contributed by atoms with Gasteiger partial charge in [0.2, 0.25) is 0 Å². The minimum atomic E-state index is -2.56. The summed E-state index contributed by atoms with van der Waals surface area (Å²) in [5, 5.41) is 3.15. The van der Waals surface area contributed by atoms with Gasteiger partial charge in [-0.25, -0.2) is 18.7 Å². The second kappa shape index (κ2) is 6.75. The maximum absolute atomic E-state index is 12.9. The van der Waals surface area contributed by atoms with Crippen molar-refractivity contribution in [2.24, 2.45) is 5.92 Å². The van der Waals surface area contributed by atoms with Crippen LogP contribution in [0.4, 0.5) is 14.6 Å². The fraction of sp³-hybridized carbons (Fsp3) is 0.692. The molecule has 1 fully saturated rings. The molecule has 106 valence electrons. The van der Waals surface area contributed by atoms with Gasteiger partial charge in [-0.2, -0.15) is 0 Å². The molecule has 0 aliphatic carbocycles. The number of hydrogen-bond donors (Lipinski definition) is 1. The van der Waals surface area contributed by atoms with E-state index in [1.165, 1.54) is 12.4 Å². The van der Waals surface area contributed by atoms with Gasteiger partial charge in [-0.3, -0.25) is 0 Å². The van der Waals surface area contributed by atoms with Crippen molar-refractivity contribution >= 4 is 5.82 Å². The van der Waals surface area contributed by atoms with E-state index < -0.39 is 6.43 Å². The lowest BCUT2D eigenvalue weighted by Crippen LogP contribution is -2.35. The summed E-state index contributed by atoms with van der Waals surface area (Å²) < 4.78 is 25.8. The molecule has 0 saturated carbocycles. The predicted octanol–water partition coefficient (Wildman–Crippen LogP) is 2.24. The van der Waals surface area contributed by atoms with Crippen LogP contribution in [0.15, 0.2) is 12.4 Å². The summed E-state index contributed by atoms with van der Waals surface area (Å²) in [5.41, 5.74) is -0.198. The van der Waals surface area contributed by atoms with Crippen LogP contribution in [0.2, 0.25) is 0 Å². The lowest BCUT2D eigenvalue weighted by atomic mass is 9.93. The van der Waals surface area contributed by atoms with Gasteiger partial charge in [0.15, 0.2) is 5.82 Å². The van der Waals surface area contributed by atoms with Crippen LogP contribution in [0.5, 0.6) is 0 Å². The maximum Gasteiger partial charge on any atom is 0.284 e. The molecule has 0 radical (unpaired) electrons. The van der Waals surface area contributed by atoms with Crippen molar-refractivity contribution in [2.45, 2.75) is 25.7 Å². The Balaban J connectivity index is 1.98. The Bertz CT molecular complexity index is 392. The number of nitrogens with one attached hydrogen (secondary N) is 1. The number of halogens is 2. The molecule has 2 rings (SSSR count). The number of aromatic nitrogens is 2. The number of nitrogens with zero attached hydrogens (tertiary/aromatic N) is 3. The zero-order chi connectivity index (χ0) is 13.7. The van der Waals surface area contributed by atoms with Gasteiger partial charge in [0, 0.05) is 25.5 Å². The van der Waals surface area contributed by atoms with Crippen molar-refractivity contribution in [3.05, 3.63) is 18.1 Å². The van der Waals surface area contributed by atoms with Gasteiger partial charge in [-0.1, -0.05) is 0 Å². The molecule has 0 spiro atoms. The van der Waals surface area contributed by atoms with E-state index in [1.54, 1.807) is 0 Å². The lowest BCUT2D eigenvalue weighted by Gasteiger charge is -2.33. The molecule has 0 bridgehead atoms. The van der Waals surface area contributed by atoms with Crippen molar-refractivity contribution < 1.29 is 8.78 Å². The number of hydrogen-bond acceptors (Lipinski definition) is 4. The van der Waals surface area contributed by atoms with E-state index in [0.717, 1.165) is 38.9 Å². The SMILES string of the molecule is CNCCC1CCN(c2nccnc2C(F)F)CC1. The molecule has 1 aliphatic rings. The van der Waals surface area contributed by atoms with Gasteiger partial charge >= 0.3 is 0 Å². The van der Waals surface area contributed by atoms with Crippen LogP contribution < -0.4 is 10.2 Å². The van der Waals surface area contributed by atoms with Crippen molar-refractivity contribution in [1.82, 2.24) is 15.3 Å². The van der Waals surface area contributed by atoms with Gasteiger partial charge in [0.1, 0.15) is 5.69 Å². The van der Waals surface area contributed by atoms with Crippen LogP contribution in [0.3, 0.4) is 0 Å². The van der Waals surface area contributed by atoms with Crippen LogP contribution in [-0.2, 0) is 0 Å². The van der Waals surface area contributed by atoms with E-state index in [-0.39, 0.29) is 5.69 Å². The Hall–Kier alpha value is -1.30. The number of anilines is 1. The van der Waals surface area contributed by atoms with E-state index in [1.807, 2.05) is 11.9 Å². The average molecular weight is 270 g/mol. The summed E-state index contributed by atoms with van der Waals surface area (Å²) in [5.74, 6) is 1.03. The normalized spacial score (nSPS) is 17.2. The highest BCUT2D eigenvalue weighted by Crippen LogP contribution is 2.29. The molecule has 0 unspecified atom stereocenters. The van der Waals surface area contributed by atoms with Gasteiger partial charge in [-0.05, 0) is 38.8 Å². The Morgan fingerprint density at radius 2 is 2.00 bits per heavy atom. The fourth-order valence-electron chi connectivity index (χ4n) is 2.52. The van der Waals surface area contributed by atoms with Crippen LogP contribution in [0.1, 0.15) is 31.4 Å². The van der Waals surface area contributed by atoms with Gasteiger partial charge < -0.3 is 10.2 Å². The predicted molar refractivity (Wildman–Crippen MR) is 70.5 cm³/mol. The van der Waals surface area contributed by atoms with E-state index in [2.05, 4.69) is 15.3 Å². The second-order valence-corrected chi connectivity index (χ2v) is 4.89. The van der Waals surface area contributed by atoms with Crippen LogP contribution in [0, 0.1) is 5.92 Å². The third kappa shape index (κ3) is 3.59. The topological polar surface area (TPSA) is 41.0 Å². The highest BCUT2D eigenvalue weighted by Gasteiger charge is 2.24. The van der Waals surface area contributed by atoms with E-state index in [4.69, 9.17) is 0 Å². The first-order chi connectivity index (χ1) is 9.22. The number of alkyl halides is 2. The Morgan fingerprint density at radius 1 is 1.32 bits per heavy atom. The quantitative estimate of drug-likeness (QED) is 0.891. The summed E-state index contributed by atoms with van der Waals surface area (Å²) in [6.45, 7) is 2.58. The second-order valence-electron chi connectivity index (χ2n) is 4.89. The summed E-state index contributed by atoms with van der Waals surface area (Å²) in [7, 11) is 1.95. The molecule has 4 nitrogen and oxygen atoms in total. The van der Waals surface area contributed by atoms with Crippen molar-refractivity contribution in [3.8, 4) is 0 Å². The minimum absolute atomic E-state index is 0.198. The molecule has 0 atom stereocenters. The van der Waals surface area contributed by atoms with E-state index >= 15 is 0 Å². The monoisotopic (exact) mass is 270 g/mol. The van der Waals surface area contributed by atoms with Crippen LogP contribution >= 0.6 is 0 Å². The maximum atomic E-state index is 12.9. The molecule has 1 N–H and O–H groups in total. The Morgan fingerprint density at radius 3 is 2.63 bits per heavy atom. The summed E-state index contributed by atoms with van der Waals surface area (Å²) >= 11 is 0. The minimum Gasteiger partial charge on any atom is -0.355 e. The standard InChI is InChI=1S/C13H20F2N4/c1-16-5-2-10-3-8-19(9-4-10)13-11(12(14)15)17-6-7-18-13/h6-7,10,12,16H,2-5,8-9H2,1H3. The summed E-state index contributed by atoms with van der Waals surface area (Å²) in [4.78, 5) is 9.77. The fourth-order valence-corrected chi connectivity index (χ4v) is 2.52. The van der Waals surface area contributed by atoms with Gasteiger partial charge in [-0.15, -0.1) is 0 Å². The molecule has 1 aromatic heterocycles. The molecule has 1 aliphatic heterocycles. The molecular formula is C13H20F2N4. The molecule has 2 heterocycles. The third-order valence-electron chi connectivity index (χ3n) is 3.63. The zero-order valence-electron chi connectivity index (χ0n) is 11.1. The van der Waals surface area contributed by atoms with Crippen LogP contribution in [0.25, 0.3) is 0 Å². The highest BCUT2D eigenvalue weighted by atomic mass is 19.3. The third-order valence-corrected chi connectivity index (χ3v) is 3.63. The average Bonchev–Trinajstić information content (AvgIpc) is 2.45. The largest absolute Gasteiger partial charge is 0.355 e. The first-order valence-electron chi connectivity index (χ1n) is 6.71. The Kier molecular flexibility index (Phi) is 5.01. The number of rotatable bonds is 5. The smallest absolute Gasteiger partial charge is 0.284 e. The van der Waals surface area contributed by atoms with Gasteiger partial charge in [0.05, 0.1) is 0 Å². The van der Waals surface area contributed by atoms with Crippen molar-refractivity contribution in [1.29, 1.82) is 0 Å². The summed E-state index contributed by atoms with van der Waals surface area (Å²) in [6.07, 6.45) is 3.44. The van der Waals surface area contributed by atoms with Crippen molar-refractivity contribution in [3.63, 3.8) is 0 Å². The highest BCUT2D eigenvalue weighted by molar-refractivity contribution is 5.44. The molecule has 1 saturated heterocycles. The lowest BCUT2D eigenvalue weighted by molar-refractivity contribution is 0.146.